The van der Waals surface area contributed by atoms with Gasteiger partial charge in [0.25, 0.3) is 5.56 Å². The first-order chi connectivity index (χ1) is 16.2. The van der Waals surface area contributed by atoms with Crippen LogP contribution >= 0.6 is 0 Å². The van der Waals surface area contributed by atoms with E-state index < -0.39 is 0 Å². The van der Waals surface area contributed by atoms with Crippen LogP contribution in [-0.2, 0) is 17.9 Å². The fourth-order valence-electron chi connectivity index (χ4n) is 4.88. The maximum Gasteiger partial charge on any atom is 0.258 e. The van der Waals surface area contributed by atoms with E-state index >= 15 is 0 Å². The molecule has 2 saturated heterocycles. The summed E-state index contributed by atoms with van der Waals surface area (Å²) < 4.78 is 15.2. The van der Waals surface area contributed by atoms with E-state index in [9.17, 15) is 4.79 Å². The maximum atomic E-state index is 12.8. The molecule has 33 heavy (non-hydrogen) atoms. The van der Waals surface area contributed by atoms with Crippen LogP contribution in [0.15, 0.2) is 77.9 Å². The second-order valence-electron chi connectivity index (χ2n) is 8.80. The molecule has 2 bridgehead atoms. The van der Waals surface area contributed by atoms with Crippen molar-refractivity contribution in [3.63, 3.8) is 0 Å². The zero-order chi connectivity index (χ0) is 22.2. The van der Waals surface area contributed by atoms with Gasteiger partial charge in [0.1, 0.15) is 12.4 Å². The smallest absolute Gasteiger partial charge is 0.258 e. The number of benzene rings is 2. The van der Waals surface area contributed by atoms with Crippen molar-refractivity contribution in [3.05, 3.63) is 89.0 Å². The first-order valence-corrected chi connectivity index (χ1v) is 11.4. The number of nitrogens with zero attached hydrogens (tertiary/aromatic N) is 4. The summed E-state index contributed by atoms with van der Waals surface area (Å²) in [5.74, 6) is 0.565. The van der Waals surface area contributed by atoms with Crippen LogP contribution < -0.4 is 10.3 Å². The summed E-state index contributed by atoms with van der Waals surface area (Å²) in [7, 11) is 0. The lowest BCUT2D eigenvalue weighted by Gasteiger charge is -2.26. The number of hydrogen-bond donors (Lipinski definition) is 0. The number of likely N-dealkylation sites (tertiary alicyclic amines) is 1. The third-order valence-electron chi connectivity index (χ3n) is 6.66. The SMILES string of the molecule is O=c1cc(OCc2ccccc2)ccn1-c1ccc2c(cnn2CCN2C[C@@H]3C[C@H]2CO3)c1. The second kappa shape index (κ2) is 8.50. The summed E-state index contributed by atoms with van der Waals surface area (Å²) in [6.45, 7) is 4.15. The van der Waals surface area contributed by atoms with E-state index in [0.717, 1.165) is 54.8 Å². The summed E-state index contributed by atoms with van der Waals surface area (Å²) in [4.78, 5) is 15.3. The van der Waals surface area contributed by atoms with E-state index in [-0.39, 0.29) is 5.56 Å². The van der Waals surface area contributed by atoms with E-state index in [1.165, 1.54) is 6.07 Å². The molecule has 4 heterocycles. The highest BCUT2D eigenvalue weighted by molar-refractivity contribution is 5.80. The van der Waals surface area contributed by atoms with Crippen molar-refractivity contribution >= 4 is 10.9 Å². The van der Waals surface area contributed by atoms with Gasteiger partial charge in [0.05, 0.1) is 31.0 Å². The average Bonchev–Trinajstić information content (AvgIpc) is 3.58. The van der Waals surface area contributed by atoms with Gasteiger partial charge in [0, 0.05) is 42.5 Å². The highest BCUT2D eigenvalue weighted by atomic mass is 16.5. The highest BCUT2D eigenvalue weighted by Gasteiger charge is 2.38. The normalized spacial score (nSPS) is 20.0. The minimum Gasteiger partial charge on any atom is -0.489 e. The number of fused-ring (bicyclic) bond motifs is 3. The van der Waals surface area contributed by atoms with Gasteiger partial charge < -0.3 is 9.47 Å². The van der Waals surface area contributed by atoms with Gasteiger partial charge in [-0.15, -0.1) is 0 Å². The van der Waals surface area contributed by atoms with Crippen molar-refractivity contribution in [1.29, 1.82) is 0 Å². The van der Waals surface area contributed by atoms with Crippen molar-refractivity contribution in [2.45, 2.75) is 31.7 Å². The molecule has 4 aromatic rings. The van der Waals surface area contributed by atoms with Gasteiger partial charge in [-0.25, -0.2) is 0 Å². The first-order valence-electron chi connectivity index (χ1n) is 11.4. The van der Waals surface area contributed by atoms with Gasteiger partial charge in [0.2, 0.25) is 0 Å². The van der Waals surface area contributed by atoms with Gasteiger partial charge >= 0.3 is 0 Å². The fourth-order valence-corrected chi connectivity index (χ4v) is 4.88. The van der Waals surface area contributed by atoms with Gasteiger partial charge in [0.15, 0.2) is 0 Å². The van der Waals surface area contributed by atoms with Crippen LogP contribution in [0.3, 0.4) is 0 Å². The lowest BCUT2D eigenvalue weighted by Crippen LogP contribution is -2.38. The van der Waals surface area contributed by atoms with Gasteiger partial charge in [-0.3, -0.25) is 18.9 Å². The third-order valence-corrected chi connectivity index (χ3v) is 6.66. The zero-order valence-electron chi connectivity index (χ0n) is 18.3. The molecule has 0 spiro atoms. The van der Waals surface area contributed by atoms with E-state index in [4.69, 9.17) is 9.47 Å². The van der Waals surface area contributed by atoms with Crippen LogP contribution in [0, 0.1) is 0 Å². The van der Waals surface area contributed by atoms with Crippen molar-refractivity contribution < 1.29 is 9.47 Å². The molecule has 2 aromatic carbocycles. The molecule has 0 unspecified atom stereocenters. The number of morpholine rings is 1. The molecule has 2 aliphatic heterocycles. The van der Waals surface area contributed by atoms with Gasteiger partial charge in [-0.1, -0.05) is 30.3 Å². The minimum atomic E-state index is -0.126. The van der Waals surface area contributed by atoms with Crippen LogP contribution in [0.5, 0.6) is 5.75 Å². The number of ether oxygens (including phenoxy) is 2. The topological polar surface area (TPSA) is 61.5 Å². The predicted octanol–water partition coefficient (Wildman–Crippen LogP) is 3.24. The maximum absolute atomic E-state index is 12.8. The van der Waals surface area contributed by atoms with Crippen molar-refractivity contribution in [2.24, 2.45) is 0 Å². The molecule has 0 radical (unpaired) electrons. The van der Waals surface area contributed by atoms with Crippen LogP contribution in [0.4, 0.5) is 0 Å². The van der Waals surface area contributed by atoms with Gasteiger partial charge in [-0.2, -0.15) is 5.10 Å². The van der Waals surface area contributed by atoms with Crippen LogP contribution in [0.2, 0.25) is 0 Å². The second-order valence-corrected chi connectivity index (χ2v) is 8.80. The number of rotatable bonds is 7. The Morgan fingerprint density at radius 2 is 1.97 bits per heavy atom. The Morgan fingerprint density at radius 1 is 1.06 bits per heavy atom. The quantitative estimate of drug-likeness (QED) is 0.440. The molecule has 0 amide bonds. The average molecular weight is 443 g/mol. The Morgan fingerprint density at radius 3 is 2.76 bits per heavy atom. The predicted molar refractivity (Wildman–Crippen MR) is 126 cm³/mol. The minimum absolute atomic E-state index is 0.126. The monoisotopic (exact) mass is 442 g/mol. The Labute approximate surface area is 191 Å². The highest BCUT2D eigenvalue weighted by Crippen LogP contribution is 2.27. The van der Waals surface area contributed by atoms with Crippen molar-refractivity contribution in [3.8, 4) is 11.4 Å². The Kier molecular flexibility index (Phi) is 5.20. The summed E-state index contributed by atoms with van der Waals surface area (Å²) in [6.07, 6.45) is 5.22. The molecular weight excluding hydrogens is 416 g/mol. The zero-order valence-corrected chi connectivity index (χ0v) is 18.3. The lowest BCUT2D eigenvalue weighted by atomic mass is 10.2. The molecule has 0 aliphatic carbocycles. The molecule has 2 aromatic heterocycles. The molecular formula is C26H26N4O3. The number of pyridine rings is 1. The first kappa shape index (κ1) is 20.2. The Hall–Kier alpha value is -3.42. The Balaban J connectivity index is 1.16. The fraction of sp³-hybridized carbons (Fsp3) is 0.308. The molecule has 2 atom stereocenters. The van der Waals surface area contributed by atoms with E-state index in [2.05, 4.69) is 14.7 Å². The number of aromatic nitrogens is 3. The van der Waals surface area contributed by atoms with Gasteiger partial charge in [-0.05, 0) is 36.2 Å². The Bertz CT molecular complexity index is 1330. The molecule has 168 valence electrons. The molecule has 7 nitrogen and oxygen atoms in total. The van der Waals surface area contributed by atoms with E-state index in [1.807, 2.05) is 60.8 Å². The standard InChI is InChI=1S/C26H26N4O3/c31-26-14-23(32-17-19-4-2-1-3-5-19)8-9-29(26)21-6-7-25-20(12-21)15-27-30(25)11-10-28-16-24-13-22(28)18-33-24/h1-9,12,14-15,22,24H,10-11,13,16-18H2/t22-,24-/m0/s1. The van der Waals surface area contributed by atoms with Crippen LogP contribution in [0.1, 0.15) is 12.0 Å². The molecule has 0 N–H and O–H groups in total. The van der Waals surface area contributed by atoms with E-state index in [0.29, 0.717) is 24.5 Å². The van der Waals surface area contributed by atoms with Crippen LogP contribution in [0.25, 0.3) is 16.6 Å². The number of hydrogen-bond acceptors (Lipinski definition) is 5. The summed E-state index contributed by atoms with van der Waals surface area (Å²) in [5.41, 5.74) is 2.83. The molecule has 0 saturated carbocycles. The van der Waals surface area contributed by atoms with Crippen LogP contribution in [-0.4, -0.2) is 51.1 Å². The largest absolute Gasteiger partial charge is 0.489 e. The summed E-state index contributed by atoms with van der Waals surface area (Å²) in [5, 5.41) is 5.62. The lowest BCUT2D eigenvalue weighted by molar-refractivity contribution is 0.0291. The summed E-state index contributed by atoms with van der Waals surface area (Å²) >= 11 is 0. The molecule has 2 fully saturated rings. The molecule has 6 rings (SSSR count). The third kappa shape index (κ3) is 4.05. The summed E-state index contributed by atoms with van der Waals surface area (Å²) in [6, 6.07) is 19.9. The van der Waals surface area contributed by atoms with Crippen molar-refractivity contribution in [1.82, 2.24) is 19.2 Å². The van der Waals surface area contributed by atoms with Crippen molar-refractivity contribution in [2.75, 3.05) is 19.7 Å². The molecule has 2 aliphatic rings. The molecule has 7 heteroatoms. The van der Waals surface area contributed by atoms with E-state index in [1.54, 1.807) is 10.8 Å².